The van der Waals surface area contributed by atoms with Gasteiger partial charge in [-0.15, -0.1) is 0 Å². The number of rotatable bonds is 2. The summed E-state index contributed by atoms with van der Waals surface area (Å²) in [5, 5.41) is 0.682. The van der Waals surface area contributed by atoms with Gasteiger partial charge in [0.05, 0.1) is 10.7 Å². The summed E-state index contributed by atoms with van der Waals surface area (Å²) in [6.45, 7) is 2.40. The zero-order valence-electron chi connectivity index (χ0n) is 9.75. The van der Waals surface area contributed by atoms with E-state index in [4.69, 9.17) is 17.3 Å². The van der Waals surface area contributed by atoms with Crippen LogP contribution in [0.1, 0.15) is 18.4 Å². The van der Waals surface area contributed by atoms with Gasteiger partial charge in [0.15, 0.2) is 0 Å². The lowest BCUT2D eigenvalue weighted by molar-refractivity contribution is 0.209. The Morgan fingerprint density at radius 1 is 1.50 bits per heavy atom. The number of anilines is 1. The average molecular weight is 239 g/mol. The van der Waals surface area contributed by atoms with Crippen molar-refractivity contribution in [2.75, 3.05) is 25.9 Å². The SMILES string of the molecule is CN1CCCC(Cc2cccc(Cl)c2N)C1. The van der Waals surface area contributed by atoms with Crippen LogP contribution in [-0.2, 0) is 6.42 Å². The largest absolute Gasteiger partial charge is 0.397 e. The second-order valence-corrected chi connectivity index (χ2v) is 5.19. The minimum atomic E-state index is 0.682. The van der Waals surface area contributed by atoms with Crippen molar-refractivity contribution in [3.8, 4) is 0 Å². The highest BCUT2D eigenvalue weighted by atomic mass is 35.5. The normalized spacial score (nSPS) is 22.2. The zero-order valence-corrected chi connectivity index (χ0v) is 10.5. The van der Waals surface area contributed by atoms with Crippen LogP contribution in [0.15, 0.2) is 18.2 Å². The number of hydrogen-bond acceptors (Lipinski definition) is 2. The van der Waals surface area contributed by atoms with Crippen molar-refractivity contribution in [1.82, 2.24) is 4.90 Å². The summed E-state index contributed by atoms with van der Waals surface area (Å²) in [6, 6.07) is 5.93. The third kappa shape index (κ3) is 2.69. The fourth-order valence-electron chi connectivity index (χ4n) is 2.51. The summed E-state index contributed by atoms with van der Waals surface area (Å²) in [6.07, 6.45) is 3.65. The van der Waals surface area contributed by atoms with Crippen LogP contribution in [0.4, 0.5) is 5.69 Å². The topological polar surface area (TPSA) is 29.3 Å². The van der Waals surface area contributed by atoms with Crippen LogP contribution in [0.3, 0.4) is 0 Å². The van der Waals surface area contributed by atoms with E-state index in [0.717, 1.165) is 18.0 Å². The summed E-state index contributed by atoms with van der Waals surface area (Å²) < 4.78 is 0. The van der Waals surface area contributed by atoms with Crippen LogP contribution in [0, 0.1) is 5.92 Å². The summed E-state index contributed by atoms with van der Waals surface area (Å²) >= 11 is 6.02. The Hall–Kier alpha value is -0.730. The van der Waals surface area contributed by atoms with E-state index in [2.05, 4.69) is 18.0 Å². The van der Waals surface area contributed by atoms with Gasteiger partial charge >= 0.3 is 0 Å². The van der Waals surface area contributed by atoms with Crippen molar-refractivity contribution in [3.05, 3.63) is 28.8 Å². The Kier molecular flexibility index (Phi) is 3.72. The average Bonchev–Trinajstić information content (AvgIpc) is 2.25. The molecule has 3 heteroatoms. The number of nitrogen functional groups attached to an aromatic ring is 1. The molecule has 1 heterocycles. The maximum absolute atomic E-state index is 6.02. The van der Waals surface area contributed by atoms with Crippen molar-refractivity contribution in [2.45, 2.75) is 19.3 Å². The minimum Gasteiger partial charge on any atom is -0.397 e. The predicted octanol–water partition coefficient (Wildman–Crippen LogP) is 2.81. The Morgan fingerprint density at radius 2 is 2.31 bits per heavy atom. The van der Waals surface area contributed by atoms with E-state index >= 15 is 0 Å². The highest BCUT2D eigenvalue weighted by molar-refractivity contribution is 6.33. The van der Waals surface area contributed by atoms with Crippen molar-refractivity contribution in [2.24, 2.45) is 5.92 Å². The number of hydrogen-bond donors (Lipinski definition) is 1. The molecular weight excluding hydrogens is 220 g/mol. The lowest BCUT2D eigenvalue weighted by Crippen LogP contribution is -2.33. The van der Waals surface area contributed by atoms with E-state index in [9.17, 15) is 0 Å². The van der Waals surface area contributed by atoms with Gasteiger partial charge in [-0.3, -0.25) is 0 Å². The first-order valence-corrected chi connectivity index (χ1v) is 6.26. The first-order chi connectivity index (χ1) is 7.66. The maximum atomic E-state index is 6.02. The van der Waals surface area contributed by atoms with Gasteiger partial charge in [0.25, 0.3) is 0 Å². The molecule has 1 aliphatic heterocycles. The van der Waals surface area contributed by atoms with E-state index in [1.54, 1.807) is 0 Å². The van der Waals surface area contributed by atoms with Crippen LogP contribution in [-0.4, -0.2) is 25.0 Å². The van der Waals surface area contributed by atoms with Crippen molar-refractivity contribution >= 4 is 17.3 Å². The predicted molar refractivity (Wildman–Crippen MR) is 69.8 cm³/mol. The van der Waals surface area contributed by atoms with Crippen molar-refractivity contribution in [3.63, 3.8) is 0 Å². The maximum Gasteiger partial charge on any atom is 0.0638 e. The number of halogens is 1. The van der Waals surface area contributed by atoms with Gasteiger partial charge in [0.2, 0.25) is 0 Å². The lowest BCUT2D eigenvalue weighted by atomic mass is 9.91. The van der Waals surface area contributed by atoms with E-state index in [1.165, 1.54) is 31.5 Å². The molecule has 0 saturated carbocycles. The number of nitrogens with two attached hydrogens (primary N) is 1. The number of likely N-dealkylation sites (tertiary alicyclic amines) is 1. The third-order valence-corrected chi connectivity index (χ3v) is 3.70. The number of para-hydroxylation sites is 1. The molecule has 0 aromatic heterocycles. The van der Waals surface area contributed by atoms with Gasteiger partial charge in [-0.2, -0.15) is 0 Å². The Balaban J connectivity index is 2.05. The smallest absolute Gasteiger partial charge is 0.0638 e. The first-order valence-electron chi connectivity index (χ1n) is 5.88. The molecule has 1 aromatic rings. The molecule has 0 spiro atoms. The summed E-state index contributed by atoms with van der Waals surface area (Å²) in [7, 11) is 2.19. The first kappa shape index (κ1) is 11.7. The van der Waals surface area contributed by atoms with Gasteiger partial charge in [-0.25, -0.2) is 0 Å². The van der Waals surface area contributed by atoms with Crippen LogP contribution in [0.2, 0.25) is 5.02 Å². The van der Waals surface area contributed by atoms with E-state index in [1.807, 2.05) is 12.1 Å². The lowest BCUT2D eigenvalue weighted by Gasteiger charge is -2.30. The Bertz CT molecular complexity index is 365. The molecule has 88 valence electrons. The van der Waals surface area contributed by atoms with E-state index in [-0.39, 0.29) is 0 Å². The number of nitrogens with zero attached hydrogens (tertiary/aromatic N) is 1. The molecule has 1 atom stereocenters. The Morgan fingerprint density at radius 3 is 3.06 bits per heavy atom. The standard InChI is InChI=1S/C13H19ClN2/c1-16-7-3-4-10(9-16)8-11-5-2-6-12(14)13(11)15/h2,5-6,10H,3-4,7-9,15H2,1H3. The van der Waals surface area contributed by atoms with Gasteiger partial charge in [-0.1, -0.05) is 23.7 Å². The van der Waals surface area contributed by atoms with Gasteiger partial charge in [0, 0.05) is 6.54 Å². The van der Waals surface area contributed by atoms with Gasteiger partial charge in [0.1, 0.15) is 0 Å². The van der Waals surface area contributed by atoms with Crippen LogP contribution >= 0.6 is 11.6 Å². The fourth-order valence-corrected chi connectivity index (χ4v) is 2.70. The van der Waals surface area contributed by atoms with Crippen molar-refractivity contribution < 1.29 is 0 Å². The van der Waals surface area contributed by atoms with Crippen LogP contribution in [0.25, 0.3) is 0 Å². The second-order valence-electron chi connectivity index (χ2n) is 4.79. The second kappa shape index (κ2) is 5.07. The van der Waals surface area contributed by atoms with Gasteiger partial charge in [-0.05, 0) is 50.4 Å². The molecular formula is C13H19ClN2. The Labute approximate surface area is 102 Å². The summed E-state index contributed by atoms with van der Waals surface area (Å²) in [4.78, 5) is 2.40. The number of benzene rings is 1. The van der Waals surface area contributed by atoms with E-state index < -0.39 is 0 Å². The molecule has 0 radical (unpaired) electrons. The fraction of sp³-hybridized carbons (Fsp3) is 0.538. The number of piperidine rings is 1. The molecule has 1 aromatic carbocycles. The van der Waals surface area contributed by atoms with Gasteiger partial charge < -0.3 is 10.6 Å². The van der Waals surface area contributed by atoms with E-state index in [0.29, 0.717) is 5.02 Å². The molecule has 1 unspecified atom stereocenters. The zero-order chi connectivity index (χ0) is 11.5. The molecule has 0 bridgehead atoms. The monoisotopic (exact) mass is 238 g/mol. The highest BCUT2D eigenvalue weighted by Gasteiger charge is 2.18. The molecule has 1 aliphatic rings. The summed E-state index contributed by atoms with van der Waals surface area (Å²) in [5.74, 6) is 0.722. The molecule has 2 rings (SSSR count). The molecule has 2 N–H and O–H groups in total. The third-order valence-electron chi connectivity index (χ3n) is 3.37. The minimum absolute atomic E-state index is 0.682. The highest BCUT2D eigenvalue weighted by Crippen LogP contribution is 2.27. The summed E-state index contributed by atoms with van der Waals surface area (Å²) in [5.41, 5.74) is 7.95. The molecule has 16 heavy (non-hydrogen) atoms. The molecule has 2 nitrogen and oxygen atoms in total. The van der Waals surface area contributed by atoms with Crippen LogP contribution in [0.5, 0.6) is 0 Å². The van der Waals surface area contributed by atoms with Crippen molar-refractivity contribution in [1.29, 1.82) is 0 Å². The molecule has 0 amide bonds. The quantitative estimate of drug-likeness (QED) is 0.803. The van der Waals surface area contributed by atoms with Crippen LogP contribution < -0.4 is 5.73 Å². The molecule has 1 saturated heterocycles. The molecule has 1 fully saturated rings. The molecule has 0 aliphatic carbocycles.